The highest BCUT2D eigenvalue weighted by molar-refractivity contribution is 5.81. The van der Waals surface area contributed by atoms with E-state index in [-0.39, 0.29) is 17.9 Å². The topological polar surface area (TPSA) is 84.0 Å². The van der Waals surface area contributed by atoms with Gasteiger partial charge < -0.3 is 24.6 Å². The zero-order valence-electron chi connectivity index (χ0n) is 27.6. The van der Waals surface area contributed by atoms with E-state index in [0.717, 1.165) is 42.1 Å². The van der Waals surface area contributed by atoms with Crippen molar-refractivity contribution < 1.29 is 19.1 Å². The Bertz CT molecular complexity index is 1480. The number of piperidine rings is 1. The second-order valence-electron chi connectivity index (χ2n) is 13.6. The van der Waals surface area contributed by atoms with Crippen LogP contribution in [0.5, 0.6) is 5.75 Å². The normalized spacial score (nSPS) is 18.3. The molecule has 2 atom stereocenters. The van der Waals surface area contributed by atoms with Crippen LogP contribution in [0.25, 0.3) is 0 Å². The Labute approximate surface area is 268 Å². The van der Waals surface area contributed by atoms with Gasteiger partial charge >= 0.3 is 6.09 Å². The minimum atomic E-state index is -0.608. The molecule has 0 radical (unpaired) electrons. The summed E-state index contributed by atoms with van der Waals surface area (Å²) in [5.74, 6) is 1.73. The predicted octanol–water partition coefficient (Wildman–Crippen LogP) is 7.10. The van der Waals surface area contributed by atoms with Crippen LogP contribution in [0, 0.1) is 25.7 Å². The van der Waals surface area contributed by atoms with Gasteiger partial charge in [-0.2, -0.15) is 0 Å². The lowest BCUT2D eigenvalue weighted by Crippen LogP contribution is -2.51. The second-order valence-corrected chi connectivity index (χ2v) is 13.6. The zero-order chi connectivity index (χ0) is 32.1. The number of hydrogen-bond acceptors (Lipinski definition) is 6. The van der Waals surface area contributed by atoms with Crippen LogP contribution in [0.2, 0.25) is 0 Å². The van der Waals surface area contributed by atoms with Crippen LogP contribution in [0.3, 0.4) is 0 Å². The highest BCUT2D eigenvalue weighted by Crippen LogP contribution is 2.38. The fourth-order valence-electron chi connectivity index (χ4n) is 6.02. The lowest BCUT2D eigenvalue weighted by Gasteiger charge is -2.40. The quantitative estimate of drug-likeness (QED) is 0.263. The minimum Gasteiger partial charge on any atom is -0.489 e. The van der Waals surface area contributed by atoms with Crippen molar-refractivity contribution in [2.24, 2.45) is 11.8 Å². The van der Waals surface area contributed by atoms with Gasteiger partial charge in [-0.05, 0) is 106 Å². The molecule has 240 valence electrons. The molecule has 1 saturated carbocycles. The van der Waals surface area contributed by atoms with E-state index in [4.69, 9.17) is 9.47 Å². The van der Waals surface area contributed by atoms with Crippen molar-refractivity contribution in [3.8, 4) is 5.75 Å². The van der Waals surface area contributed by atoms with Crippen LogP contribution in [0.1, 0.15) is 73.8 Å². The Morgan fingerprint density at radius 3 is 2.51 bits per heavy atom. The van der Waals surface area contributed by atoms with Gasteiger partial charge in [0, 0.05) is 45.0 Å². The van der Waals surface area contributed by atoms with Gasteiger partial charge in [-0.15, -0.1) is 0 Å². The number of hydrogen-bond donors (Lipinski definition) is 1. The first-order chi connectivity index (χ1) is 21.5. The van der Waals surface area contributed by atoms with Gasteiger partial charge in [0.2, 0.25) is 5.91 Å². The van der Waals surface area contributed by atoms with Gasteiger partial charge in [0.15, 0.2) is 0 Å². The van der Waals surface area contributed by atoms with E-state index in [1.807, 2.05) is 52.1 Å². The molecule has 1 aliphatic carbocycles. The Balaban J connectivity index is 1.40. The number of likely N-dealkylation sites (tertiary alicyclic amines) is 1. The molecule has 1 aliphatic heterocycles. The summed E-state index contributed by atoms with van der Waals surface area (Å²) < 4.78 is 11.9. The molecule has 2 aliphatic rings. The molecule has 0 spiro atoms. The average Bonchev–Trinajstić information content (AvgIpc) is 3.85. The number of ether oxygens (including phenoxy) is 2. The highest BCUT2D eigenvalue weighted by atomic mass is 16.6. The number of aromatic nitrogens is 1. The number of aryl methyl sites for hydroxylation is 1. The smallest absolute Gasteiger partial charge is 0.410 e. The summed E-state index contributed by atoms with van der Waals surface area (Å²) in [4.78, 5) is 36.0. The highest BCUT2D eigenvalue weighted by Gasteiger charge is 2.41. The van der Waals surface area contributed by atoms with E-state index < -0.39 is 11.5 Å². The lowest BCUT2D eigenvalue weighted by molar-refractivity contribution is -0.139. The van der Waals surface area contributed by atoms with Crippen molar-refractivity contribution in [2.45, 2.75) is 78.6 Å². The lowest BCUT2D eigenvalue weighted by atomic mass is 9.79. The molecule has 45 heavy (non-hydrogen) atoms. The summed E-state index contributed by atoms with van der Waals surface area (Å²) in [6, 6.07) is 18.3. The fraction of sp³-hybridized carbons (Fsp3) is 0.486. The van der Waals surface area contributed by atoms with Crippen molar-refractivity contribution in [2.75, 3.05) is 32.0 Å². The van der Waals surface area contributed by atoms with Gasteiger partial charge in [0.25, 0.3) is 0 Å². The molecule has 1 N–H and O–H groups in total. The van der Waals surface area contributed by atoms with Crippen LogP contribution in [0.4, 0.5) is 10.6 Å². The molecule has 2 amide bonds. The first-order valence-electron chi connectivity index (χ1n) is 16.2. The molecule has 1 aromatic heterocycles. The fourth-order valence-corrected chi connectivity index (χ4v) is 6.02. The molecule has 5 rings (SSSR count). The van der Waals surface area contributed by atoms with E-state index in [9.17, 15) is 9.59 Å². The number of benzene rings is 2. The van der Waals surface area contributed by atoms with Crippen molar-refractivity contribution >= 4 is 17.8 Å². The third kappa shape index (κ3) is 8.56. The van der Waals surface area contributed by atoms with E-state index >= 15 is 0 Å². The van der Waals surface area contributed by atoms with Crippen molar-refractivity contribution in [1.29, 1.82) is 0 Å². The second kappa shape index (κ2) is 13.9. The van der Waals surface area contributed by atoms with Crippen molar-refractivity contribution in [3.05, 3.63) is 88.6 Å². The maximum Gasteiger partial charge on any atom is 0.410 e. The summed E-state index contributed by atoms with van der Waals surface area (Å²) in [5, 5.41) is 3.03. The van der Waals surface area contributed by atoms with Gasteiger partial charge in [-0.3, -0.25) is 4.79 Å². The SMILES string of the molecule is CNc1ccc(COc2cccc([C@H]3CCN(C(=O)OC(C)(C)C)C[C@@H]3C(=O)N(Cc3cccc(C)c3C)CC3CC3)c2)cn1. The summed E-state index contributed by atoms with van der Waals surface area (Å²) >= 11 is 0. The maximum absolute atomic E-state index is 14.7. The number of nitrogens with zero attached hydrogens (tertiary/aromatic N) is 3. The largest absolute Gasteiger partial charge is 0.489 e. The molecule has 8 heteroatoms. The predicted molar refractivity (Wildman–Crippen MR) is 177 cm³/mol. The Kier molecular flexibility index (Phi) is 10.0. The number of nitrogens with one attached hydrogen (secondary N) is 1. The third-order valence-corrected chi connectivity index (χ3v) is 8.92. The first kappa shape index (κ1) is 32.3. The van der Waals surface area contributed by atoms with E-state index in [1.54, 1.807) is 11.1 Å². The summed E-state index contributed by atoms with van der Waals surface area (Å²) in [6.45, 7) is 12.4. The van der Waals surface area contributed by atoms with E-state index in [2.05, 4.69) is 59.4 Å². The summed E-state index contributed by atoms with van der Waals surface area (Å²) in [6.07, 6.45) is 4.41. The molecule has 2 fully saturated rings. The van der Waals surface area contributed by atoms with Crippen LogP contribution >= 0.6 is 0 Å². The Morgan fingerprint density at radius 1 is 1.04 bits per heavy atom. The molecule has 2 heterocycles. The Hall–Kier alpha value is -4.07. The van der Waals surface area contributed by atoms with Gasteiger partial charge in [0.05, 0.1) is 5.92 Å². The van der Waals surface area contributed by atoms with Gasteiger partial charge in [-0.25, -0.2) is 9.78 Å². The Morgan fingerprint density at radius 2 is 1.82 bits per heavy atom. The van der Waals surface area contributed by atoms with Crippen LogP contribution in [-0.2, 0) is 22.7 Å². The molecule has 8 nitrogen and oxygen atoms in total. The average molecular weight is 613 g/mol. The maximum atomic E-state index is 14.7. The van der Waals surface area contributed by atoms with E-state index in [1.165, 1.54) is 16.7 Å². The monoisotopic (exact) mass is 612 g/mol. The third-order valence-electron chi connectivity index (χ3n) is 8.92. The van der Waals surface area contributed by atoms with Crippen LogP contribution in [-0.4, -0.2) is 59.1 Å². The number of pyridine rings is 1. The molecular weight excluding hydrogens is 564 g/mol. The number of rotatable bonds is 10. The van der Waals surface area contributed by atoms with E-state index in [0.29, 0.717) is 38.6 Å². The molecule has 1 saturated heterocycles. The van der Waals surface area contributed by atoms with Crippen LogP contribution < -0.4 is 10.1 Å². The molecule has 2 aromatic carbocycles. The molecular formula is C37H48N4O4. The molecule has 0 unspecified atom stereocenters. The number of amides is 2. The molecule has 0 bridgehead atoms. The zero-order valence-corrected chi connectivity index (χ0v) is 27.6. The van der Waals surface area contributed by atoms with Crippen molar-refractivity contribution in [1.82, 2.24) is 14.8 Å². The van der Waals surface area contributed by atoms with Crippen LogP contribution in [0.15, 0.2) is 60.8 Å². The summed E-state index contributed by atoms with van der Waals surface area (Å²) in [7, 11) is 1.84. The minimum absolute atomic E-state index is 0.0587. The van der Waals surface area contributed by atoms with Gasteiger partial charge in [-0.1, -0.05) is 36.4 Å². The number of anilines is 1. The summed E-state index contributed by atoms with van der Waals surface area (Å²) in [5.41, 5.74) is 5.04. The number of carbonyl (C=O) groups is 2. The van der Waals surface area contributed by atoms with Crippen molar-refractivity contribution in [3.63, 3.8) is 0 Å². The first-order valence-corrected chi connectivity index (χ1v) is 16.2. The number of carbonyl (C=O) groups excluding carboxylic acids is 2. The van der Waals surface area contributed by atoms with Gasteiger partial charge in [0.1, 0.15) is 23.8 Å². The standard InChI is InChI=1S/C37H48N4O4/c1-25-9-7-11-30(26(25)2)22-41(21-27-13-14-27)35(42)33-23-40(36(43)45-37(3,4)5)18-17-32(33)29-10-8-12-31(19-29)44-24-28-15-16-34(38-6)39-20-28/h7-12,15-16,19-20,27,32-33H,13-14,17-18,21-24H2,1-6H3,(H,38,39)/t32-,33+/m1/s1. The molecule has 3 aromatic rings.